The quantitative estimate of drug-likeness (QED) is 0.815. The van der Waals surface area contributed by atoms with Gasteiger partial charge < -0.3 is 4.74 Å². The summed E-state index contributed by atoms with van der Waals surface area (Å²) in [4.78, 5) is 11.4. The first-order valence-corrected chi connectivity index (χ1v) is 7.79. The van der Waals surface area contributed by atoms with Gasteiger partial charge in [0.1, 0.15) is 5.82 Å². The van der Waals surface area contributed by atoms with E-state index in [4.69, 9.17) is 9.88 Å². The van der Waals surface area contributed by atoms with Crippen LogP contribution in [0.4, 0.5) is 4.39 Å². The molecule has 0 aliphatic rings. The van der Waals surface area contributed by atoms with Gasteiger partial charge in [-0.3, -0.25) is 0 Å². The van der Waals surface area contributed by atoms with Crippen LogP contribution < -0.4 is 5.14 Å². The first kappa shape index (κ1) is 16.6. The summed E-state index contributed by atoms with van der Waals surface area (Å²) < 4.78 is 40.9. The summed E-state index contributed by atoms with van der Waals surface area (Å²) in [6.07, 6.45) is 1.83. The van der Waals surface area contributed by atoms with Gasteiger partial charge in [0.05, 0.1) is 17.1 Å². The second-order valence-electron chi connectivity index (χ2n) is 4.68. The molecule has 2 N–H and O–H groups in total. The van der Waals surface area contributed by atoms with Crippen LogP contribution in [0.2, 0.25) is 0 Å². The average Bonchev–Trinajstić information content (AvgIpc) is 2.35. The summed E-state index contributed by atoms with van der Waals surface area (Å²) in [5.41, 5.74) is -0.430. The van der Waals surface area contributed by atoms with Gasteiger partial charge in [-0.15, -0.1) is 0 Å². The molecule has 0 radical (unpaired) electrons. The first-order valence-electron chi connectivity index (χ1n) is 6.25. The predicted molar refractivity (Wildman–Crippen MR) is 72.1 cm³/mol. The third-order valence-corrected chi connectivity index (χ3v) is 3.68. The second-order valence-corrected chi connectivity index (χ2v) is 6.24. The van der Waals surface area contributed by atoms with Gasteiger partial charge in [-0.2, -0.15) is 0 Å². The minimum absolute atomic E-state index is 0.158. The number of carbonyl (C=O) groups is 1. The van der Waals surface area contributed by atoms with Crippen molar-refractivity contribution in [3.63, 3.8) is 0 Å². The smallest absolute Gasteiger partial charge is 0.341 e. The number of rotatable bonds is 6. The number of esters is 1. The minimum atomic E-state index is -3.99. The fourth-order valence-corrected chi connectivity index (χ4v) is 2.25. The van der Waals surface area contributed by atoms with E-state index in [1.807, 2.05) is 13.8 Å². The Hall–Kier alpha value is -1.47. The van der Waals surface area contributed by atoms with Crippen LogP contribution in [0, 0.1) is 11.7 Å². The third-order valence-electron chi connectivity index (χ3n) is 2.77. The standard InChI is InChI=1S/C13H18FNO4S/c1-3-4-9(2)8-19-13(16)11-7-10(20(15,17)18)5-6-12(11)14/h5-7,9H,3-4,8H2,1-2H3,(H2,15,17,18). The first-order chi connectivity index (χ1) is 9.25. The zero-order chi connectivity index (χ0) is 15.3. The number of hydrogen-bond acceptors (Lipinski definition) is 4. The van der Waals surface area contributed by atoms with E-state index in [9.17, 15) is 17.6 Å². The van der Waals surface area contributed by atoms with Crippen LogP contribution in [0.25, 0.3) is 0 Å². The molecule has 1 rings (SSSR count). The molecular weight excluding hydrogens is 285 g/mol. The van der Waals surface area contributed by atoms with E-state index >= 15 is 0 Å². The Balaban J connectivity index is 2.87. The fourth-order valence-electron chi connectivity index (χ4n) is 1.71. The monoisotopic (exact) mass is 303 g/mol. The number of halogens is 1. The Morgan fingerprint density at radius 3 is 2.65 bits per heavy atom. The lowest BCUT2D eigenvalue weighted by Crippen LogP contribution is -2.16. The van der Waals surface area contributed by atoms with E-state index in [1.165, 1.54) is 0 Å². The Labute approximate surface area is 118 Å². The summed E-state index contributed by atoms with van der Waals surface area (Å²) >= 11 is 0. The highest BCUT2D eigenvalue weighted by Crippen LogP contribution is 2.16. The number of carbonyl (C=O) groups excluding carboxylic acids is 1. The number of sulfonamides is 1. The SMILES string of the molecule is CCCC(C)COC(=O)c1cc(S(N)(=O)=O)ccc1F. The van der Waals surface area contributed by atoms with Gasteiger partial charge in [0.25, 0.3) is 0 Å². The van der Waals surface area contributed by atoms with E-state index in [0.29, 0.717) is 0 Å². The molecule has 0 fully saturated rings. The highest BCUT2D eigenvalue weighted by atomic mass is 32.2. The van der Waals surface area contributed by atoms with Crippen molar-refractivity contribution in [2.75, 3.05) is 6.61 Å². The molecule has 7 heteroatoms. The summed E-state index contributed by atoms with van der Waals surface area (Å²) in [5, 5.41) is 4.94. The van der Waals surface area contributed by atoms with Crippen molar-refractivity contribution in [1.82, 2.24) is 0 Å². The second kappa shape index (κ2) is 6.81. The van der Waals surface area contributed by atoms with Crippen molar-refractivity contribution in [1.29, 1.82) is 0 Å². The molecule has 20 heavy (non-hydrogen) atoms. The number of nitrogens with two attached hydrogens (primary N) is 1. The van der Waals surface area contributed by atoms with Crippen LogP contribution in [-0.4, -0.2) is 21.0 Å². The van der Waals surface area contributed by atoms with E-state index < -0.39 is 27.4 Å². The van der Waals surface area contributed by atoms with Gasteiger partial charge in [0.2, 0.25) is 10.0 Å². The highest BCUT2D eigenvalue weighted by Gasteiger charge is 2.18. The lowest BCUT2D eigenvalue weighted by molar-refractivity contribution is 0.0438. The fraction of sp³-hybridized carbons (Fsp3) is 0.462. The maximum Gasteiger partial charge on any atom is 0.341 e. The molecule has 0 aliphatic carbocycles. The number of primary sulfonamides is 1. The van der Waals surface area contributed by atoms with Gasteiger partial charge in [-0.25, -0.2) is 22.7 Å². The average molecular weight is 303 g/mol. The molecule has 0 bridgehead atoms. The van der Waals surface area contributed by atoms with Gasteiger partial charge in [-0.05, 0) is 30.5 Å². The summed E-state index contributed by atoms with van der Waals surface area (Å²) in [7, 11) is -3.99. The molecular formula is C13H18FNO4S. The molecule has 0 aromatic heterocycles. The van der Waals surface area contributed by atoms with Crippen LogP contribution >= 0.6 is 0 Å². The molecule has 0 spiro atoms. The van der Waals surface area contributed by atoms with E-state index in [2.05, 4.69) is 0 Å². The predicted octanol–water partition coefficient (Wildman–Crippen LogP) is 2.07. The van der Waals surface area contributed by atoms with Crippen molar-refractivity contribution < 1.29 is 22.3 Å². The molecule has 112 valence electrons. The van der Waals surface area contributed by atoms with E-state index in [-0.39, 0.29) is 17.4 Å². The van der Waals surface area contributed by atoms with E-state index in [0.717, 1.165) is 31.0 Å². The molecule has 1 aromatic carbocycles. The molecule has 0 aliphatic heterocycles. The van der Waals surface area contributed by atoms with Crippen molar-refractivity contribution >= 4 is 16.0 Å². The summed E-state index contributed by atoms with van der Waals surface area (Å²) in [6, 6.07) is 2.77. The zero-order valence-electron chi connectivity index (χ0n) is 11.4. The largest absolute Gasteiger partial charge is 0.462 e. The molecule has 0 saturated heterocycles. The van der Waals surface area contributed by atoms with Crippen LogP contribution in [-0.2, 0) is 14.8 Å². The van der Waals surface area contributed by atoms with Gasteiger partial charge in [0.15, 0.2) is 0 Å². The van der Waals surface area contributed by atoms with Gasteiger partial charge in [0, 0.05) is 0 Å². The summed E-state index contributed by atoms with van der Waals surface area (Å²) in [6.45, 7) is 4.08. The number of benzene rings is 1. The Kier molecular flexibility index (Phi) is 5.64. The molecule has 0 heterocycles. The molecule has 5 nitrogen and oxygen atoms in total. The molecule has 1 atom stereocenters. The molecule has 0 amide bonds. The lowest BCUT2D eigenvalue weighted by Gasteiger charge is -2.11. The topological polar surface area (TPSA) is 86.5 Å². The number of hydrogen-bond donors (Lipinski definition) is 1. The number of ether oxygens (including phenoxy) is 1. The van der Waals surface area contributed by atoms with Gasteiger partial charge >= 0.3 is 5.97 Å². The Bertz CT molecular complexity index is 586. The molecule has 1 aromatic rings. The van der Waals surface area contributed by atoms with Crippen molar-refractivity contribution in [3.8, 4) is 0 Å². The Morgan fingerprint density at radius 2 is 2.10 bits per heavy atom. The molecule has 0 saturated carbocycles. The van der Waals surface area contributed by atoms with E-state index in [1.54, 1.807) is 0 Å². The lowest BCUT2D eigenvalue weighted by atomic mass is 10.1. The van der Waals surface area contributed by atoms with Gasteiger partial charge in [-0.1, -0.05) is 20.3 Å². The van der Waals surface area contributed by atoms with Crippen LogP contribution in [0.5, 0.6) is 0 Å². The van der Waals surface area contributed by atoms with Crippen molar-refractivity contribution in [3.05, 3.63) is 29.6 Å². The Morgan fingerprint density at radius 1 is 1.45 bits per heavy atom. The highest BCUT2D eigenvalue weighted by molar-refractivity contribution is 7.89. The summed E-state index contributed by atoms with van der Waals surface area (Å²) in [5.74, 6) is -1.57. The third kappa shape index (κ3) is 4.57. The maximum atomic E-state index is 13.5. The van der Waals surface area contributed by atoms with Crippen LogP contribution in [0.3, 0.4) is 0 Å². The van der Waals surface area contributed by atoms with Crippen molar-refractivity contribution in [2.45, 2.75) is 31.6 Å². The zero-order valence-corrected chi connectivity index (χ0v) is 12.2. The van der Waals surface area contributed by atoms with Crippen LogP contribution in [0.1, 0.15) is 37.0 Å². The normalized spacial score (nSPS) is 13.0. The minimum Gasteiger partial charge on any atom is -0.462 e. The molecule has 1 unspecified atom stereocenters. The maximum absolute atomic E-state index is 13.5. The van der Waals surface area contributed by atoms with Crippen LogP contribution in [0.15, 0.2) is 23.1 Å². The van der Waals surface area contributed by atoms with Crippen molar-refractivity contribution in [2.24, 2.45) is 11.1 Å².